The van der Waals surface area contributed by atoms with E-state index in [0.717, 1.165) is 30.0 Å². The molecule has 0 spiro atoms. The van der Waals surface area contributed by atoms with Crippen LogP contribution in [0.1, 0.15) is 58.1 Å². The van der Waals surface area contributed by atoms with Crippen LogP contribution in [-0.2, 0) is 17.6 Å². The number of amides is 1. The van der Waals surface area contributed by atoms with Gasteiger partial charge in [0.15, 0.2) is 0 Å². The minimum absolute atomic E-state index is 0.139. The number of hydrogen-bond acceptors (Lipinski definition) is 5. The van der Waals surface area contributed by atoms with E-state index in [1.54, 1.807) is 18.3 Å². The number of likely N-dealkylation sites (tertiary alicyclic amines) is 1. The Labute approximate surface area is 150 Å². The highest BCUT2D eigenvalue weighted by atomic mass is 32.1. The van der Waals surface area contributed by atoms with Gasteiger partial charge in [0, 0.05) is 30.0 Å². The van der Waals surface area contributed by atoms with Crippen LogP contribution in [0, 0.1) is 6.92 Å². The quantitative estimate of drug-likeness (QED) is 0.883. The fourth-order valence-electron chi connectivity index (χ4n) is 3.25. The predicted molar refractivity (Wildman–Crippen MR) is 94.2 cm³/mol. The molecule has 1 atom stereocenters. The number of rotatable bonds is 5. The molecule has 25 heavy (non-hydrogen) atoms. The van der Waals surface area contributed by atoms with Crippen molar-refractivity contribution in [1.82, 2.24) is 9.88 Å². The van der Waals surface area contributed by atoms with Gasteiger partial charge in [0.05, 0.1) is 22.5 Å². The van der Waals surface area contributed by atoms with Gasteiger partial charge in [0.1, 0.15) is 12.2 Å². The largest absolute Gasteiger partial charge is 0.481 e. The average Bonchev–Trinajstić information content (AvgIpc) is 3.21. The molecule has 0 bridgehead atoms. The van der Waals surface area contributed by atoms with E-state index in [9.17, 15) is 9.59 Å². The number of furan rings is 1. The predicted octanol–water partition coefficient (Wildman–Crippen LogP) is 3.25. The Balaban J connectivity index is 1.78. The molecular formula is C18H22N2O4S. The Bertz CT molecular complexity index is 780. The molecule has 134 valence electrons. The van der Waals surface area contributed by atoms with Crippen LogP contribution in [0.3, 0.4) is 0 Å². The first-order chi connectivity index (χ1) is 12.0. The summed E-state index contributed by atoms with van der Waals surface area (Å²) in [5.41, 5.74) is 2.18. The van der Waals surface area contributed by atoms with Crippen LogP contribution in [-0.4, -0.2) is 40.0 Å². The smallest absolute Gasteiger partial charge is 0.311 e. The summed E-state index contributed by atoms with van der Waals surface area (Å²) in [6.45, 7) is 5.16. The van der Waals surface area contributed by atoms with Gasteiger partial charge in [-0.1, -0.05) is 6.92 Å². The van der Waals surface area contributed by atoms with E-state index in [2.05, 4.69) is 17.3 Å². The maximum Gasteiger partial charge on any atom is 0.311 e. The lowest BCUT2D eigenvalue weighted by Gasteiger charge is -2.32. The van der Waals surface area contributed by atoms with Crippen LogP contribution in [0.25, 0.3) is 0 Å². The Morgan fingerprint density at radius 1 is 1.48 bits per heavy atom. The van der Waals surface area contributed by atoms with Gasteiger partial charge in [-0.3, -0.25) is 9.59 Å². The highest BCUT2D eigenvalue weighted by molar-refractivity contribution is 7.09. The molecule has 2 aromatic rings. The van der Waals surface area contributed by atoms with E-state index in [-0.39, 0.29) is 24.0 Å². The molecule has 0 aromatic carbocycles. The normalized spacial score (nSPS) is 17.7. The van der Waals surface area contributed by atoms with Crippen molar-refractivity contribution in [3.8, 4) is 0 Å². The van der Waals surface area contributed by atoms with Gasteiger partial charge in [-0.05, 0) is 26.2 Å². The minimum atomic E-state index is -1.00. The summed E-state index contributed by atoms with van der Waals surface area (Å²) in [5.74, 6) is -0.660. The molecule has 2 aromatic heterocycles. The summed E-state index contributed by atoms with van der Waals surface area (Å²) in [6, 6.07) is 0. The van der Waals surface area contributed by atoms with E-state index in [4.69, 9.17) is 9.52 Å². The molecule has 1 saturated heterocycles. The van der Waals surface area contributed by atoms with E-state index >= 15 is 0 Å². The fourth-order valence-corrected chi connectivity index (χ4v) is 4.28. The molecule has 1 amide bonds. The Morgan fingerprint density at radius 3 is 2.96 bits per heavy atom. The number of nitrogens with zero attached hydrogens (tertiary/aromatic N) is 2. The standard InChI is InChI=1S/C18H22N2O4S/c1-3-13-10-25-17(19-13)12-5-4-6-20(8-12)18(23)16-11(2)9-24-14(16)7-15(21)22/h9-10,12H,3-8H2,1-2H3,(H,21,22). The summed E-state index contributed by atoms with van der Waals surface area (Å²) < 4.78 is 5.31. The van der Waals surface area contributed by atoms with Crippen LogP contribution in [0.5, 0.6) is 0 Å². The van der Waals surface area contributed by atoms with E-state index in [0.29, 0.717) is 24.2 Å². The third kappa shape index (κ3) is 3.76. The summed E-state index contributed by atoms with van der Waals surface area (Å²) >= 11 is 1.66. The molecule has 3 rings (SSSR count). The second kappa shape index (κ2) is 7.39. The number of aryl methyl sites for hydroxylation is 2. The molecule has 7 heteroatoms. The van der Waals surface area contributed by atoms with Crippen LogP contribution >= 0.6 is 11.3 Å². The summed E-state index contributed by atoms with van der Waals surface area (Å²) in [6.07, 6.45) is 4.04. The zero-order chi connectivity index (χ0) is 18.0. The first-order valence-corrected chi connectivity index (χ1v) is 9.39. The molecule has 1 unspecified atom stereocenters. The minimum Gasteiger partial charge on any atom is -0.481 e. The van der Waals surface area contributed by atoms with Crippen LogP contribution in [0.15, 0.2) is 16.1 Å². The van der Waals surface area contributed by atoms with Crippen LogP contribution in [0.2, 0.25) is 0 Å². The topological polar surface area (TPSA) is 83.6 Å². The van der Waals surface area contributed by atoms with Crippen molar-refractivity contribution in [2.24, 2.45) is 0 Å². The zero-order valence-electron chi connectivity index (χ0n) is 14.4. The highest BCUT2D eigenvalue weighted by Gasteiger charge is 2.30. The van der Waals surface area contributed by atoms with Crippen LogP contribution < -0.4 is 0 Å². The monoisotopic (exact) mass is 362 g/mol. The van der Waals surface area contributed by atoms with E-state index < -0.39 is 5.97 Å². The Hall–Kier alpha value is -2.15. The summed E-state index contributed by atoms with van der Waals surface area (Å²) in [7, 11) is 0. The van der Waals surface area contributed by atoms with Crippen molar-refractivity contribution in [1.29, 1.82) is 0 Å². The lowest BCUT2D eigenvalue weighted by atomic mass is 9.97. The second-order valence-electron chi connectivity index (χ2n) is 6.41. The number of hydrogen-bond donors (Lipinski definition) is 1. The van der Waals surface area contributed by atoms with Crippen molar-refractivity contribution in [3.05, 3.63) is 39.2 Å². The molecule has 6 nitrogen and oxygen atoms in total. The number of carboxylic acids is 1. The van der Waals surface area contributed by atoms with Crippen molar-refractivity contribution in [2.75, 3.05) is 13.1 Å². The number of thiazole rings is 1. The first-order valence-electron chi connectivity index (χ1n) is 8.52. The van der Waals surface area contributed by atoms with Gasteiger partial charge in [-0.2, -0.15) is 0 Å². The third-order valence-corrected chi connectivity index (χ3v) is 5.62. The number of aromatic nitrogens is 1. The number of carboxylic acid groups (broad SMARTS) is 1. The van der Waals surface area contributed by atoms with Crippen molar-refractivity contribution in [2.45, 2.75) is 45.4 Å². The van der Waals surface area contributed by atoms with Gasteiger partial charge in [0.2, 0.25) is 0 Å². The number of carbonyl (C=O) groups is 2. The van der Waals surface area contributed by atoms with Crippen molar-refractivity contribution < 1.29 is 19.1 Å². The summed E-state index contributed by atoms with van der Waals surface area (Å²) in [5, 5.41) is 12.2. The SMILES string of the molecule is CCc1csc(C2CCCN(C(=O)c3c(C)coc3CC(=O)O)C2)n1. The maximum atomic E-state index is 13.0. The zero-order valence-corrected chi connectivity index (χ0v) is 15.3. The average molecular weight is 362 g/mol. The summed E-state index contributed by atoms with van der Waals surface area (Å²) in [4.78, 5) is 30.5. The maximum absolute atomic E-state index is 13.0. The molecule has 1 fully saturated rings. The third-order valence-electron chi connectivity index (χ3n) is 4.57. The first kappa shape index (κ1) is 17.7. The van der Waals surface area contributed by atoms with Crippen LogP contribution in [0.4, 0.5) is 0 Å². The molecule has 0 saturated carbocycles. The fraction of sp³-hybridized carbons (Fsp3) is 0.500. The van der Waals surface area contributed by atoms with Gasteiger partial charge in [-0.25, -0.2) is 4.98 Å². The molecule has 0 radical (unpaired) electrons. The molecule has 1 aliphatic rings. The highest BCUT2D eigenvalue weighted by Crippen LogP contribution is 2.31. The van der Waals surface area contributed by atoms with Crippen molar-refractivity contribution >= 4 is 23.2 Å². The van der Waals surface area contributed by atoms with Crippen molar-refractivity contribution in [3.63, 3.8) is 0 Å². The Morgan fingerprint density at radius 2 is 2.28 bits per heavy atom. The Kier molecular flexibility index (Phi) is 5.22. The van der Waals surface area contributed by atoms with E-state index in [1.807, 2.05) is 4.90 Å². The van der Waals surface area contributed by atoms with Gasteiger partial charge in [-0.15, -0.1) is 11.3 Å². The molecular weight excluding hydrogens is 340 g/mol. The van der Waals surface area contributed by atoms with Gasteiger partial charge < -0.3 is 14.4 Å². The lowest BCUT2D eigenvalue weighted by molar-refractivity contribution is -0.136. The molecule has 1 aliphatic heterocycles. The number of piperidine rings is 1. The molecule has 1 N–H and O–H groups in total. The molecule has 3 heterocycles. The lowest BCUT2D eigenvalue weighted by Crippen LogP contribution is -2.39. The second-order valence-corrected chi connectivity index (χ2v) is 7.30. The van der Waals surface area contributed by atoms with Gasteiger partial charge in [0.25, 0.3) is 5.91 Å². The number of carbonyl (C=O) groups excluding carboxylic acids is 1. The molecule has 0 aliphatic carbocycles. The number of aliphatic carboxylic acids is 1. The van der Waals surface area contributed by atoms with E-state index in [1.165, 1.54) is 6.26 Å². The van der Waals surface area contributed by atoms with Gasteiger partial charge >= 0.3 is 5.97 Å².